The maximum absolute atomic E-state index is 5.93. The van der Waals surface area contributed by atoms with Crippen LogP contribution in [-0.2, 0) is 12.0 Å². The molecule has 1 heterocycles. The number of benzene rings is 2. The lowest BCUT2D eigenvalue weighted by Gasteiger charge is -2.18. The van der Waals surface area contributed by atoms with Gasteiger partial charge in [0, 0.05) is 12.1 Å². The second-order valence-corrected chi connectivity index (χ2v) is 6.68. The molecule has 0 amide bonds. The molecule has 3 nitrogen and oxygen atoms in total. The fraction of sp³-hybridized carbons (Fsp3) is 0.316. The molecule has 0 fully saturated rings. The SMILES string of the molecule is CNCc1ccc2nc(-c3ccc(C(C)(C)C)cc3)oc2c1. The summed E-state index contributed by atoms with van der Waals surface area (Å²) in [5, 5.41) is 3.15. The van der Waals surface area contributed by atoms with Crippen molar-refractivity contribution < 1.29 is 4.42 Å². The van der Waals surface area contributed by atoms with E-state index in [9.17, 15) is 0 Å². The smallest absolute Gasteiger partial charge is 0.227 e. The van der Waals surface area contributed by atoms with Crippen molar-refractivity contribution in [3.8, 4) is 11.5 Å². The quantitative estimate of drug-likeness (QED) is 0.772. The molecule has 114 valence electrons. The lowest BCUT2D eigenvalue weighted by molar-refractivity contribution is 0.589. The van der Waals surface area contributed by atoms with Gasteiger partial charge in [-0.1, -0.05) is 39.0 Å². The summed E-state index contributed by atoms with van der Waals surface area (Å²) < 4.78 is 5.93. The Morgan fingerprint density at radius 2 is 1.77 bits per heavy atom. The number of hydrogen-bond donors (Lipinski definition) is 1. The molecule has 1 N–H and O–H groups in total. The fourth-order valence-corrected chi connectivity index (χ4v) is 2.52. The predicted molar refractivity (Wildman–Crippen MR) is 90.9 cm³/mol. The van der Waals surface area contributed by atoms with E-state index in [-0.39, 0.29) is 5.41 Å². The molecule has 0 unspecified atom stereocenters. The number of hydrogen-bond acceptors (Lipinski definition) is 3. The molecule has 0 spiro atoms. The molecule has 2 aromatic carbocycles. The maximum atomic E-state index is 5.93. The highest BCUT2D eigenvalue weighted by Gasteiger charge is 2.14. The van der Waals surface area contributed by atoms with Gasteiger partial charge in [0.1, 0.15) is 5.52 Å². The van der Waals surface area contributed by atoms with Crippen LogP contribution < -0.4 is 5.32 Å². The highest BCUT2D eigenvalue weighted by atomic mass is 16.3. The van der Waals surface area contributed by atoms with Gasteiger partial charge in [0.2, 0.25) is 5.89 Å². The first-order chi connectivity index (χ1) is 10.5. The van der Waals surface area contributed by atoms with Gasteiger partial charge in [-0.2, -0.15) is 0 Å². The van der Waals surface area contributed by atoms with E-state index in [1.807, 2.05) is 19.2 Å². The molecular weight excluding hydrogens is 272 g/mol. The summed E-state index contributed by atoms with van der Waals surface area (Å²) in [6.07, 6.45) is 0. The zero-order valence-corrected chi connectivity index (χ0v) is 13.6. The van der Waals surface area contributed by atoms with Crippen molar-refractivity contribution in [2.75, 3.05) is 7.05 Å². The van der Waals surface area contributed by atoms with E-state index in [0.717, 1.165) is 23.2 Å². The molecule has 3 aromatic rings. The monoisotopic (exact) mass is 294 g/mol. The second kappa shape index (κ2) is 5.58. The van der Waals surface area contributed by atoms with Gasteiger partial charge in [0.15, 0.2) is 5.58 Å². The van der Waals surface area contributed by atoms with Crippen LogP contribution >= 0.6 is 0 Å². The minimum absolute atomic E-state index is 0.155. The molecule has 0 saturated heterocycles. The van der Waals surface area contributed by atoms with Crippen molar-refractivity contribution in [1.82, 2.24) is 10.3 Å². The van der Waals surface area contributed by atoms with Gasteiger partial charge < -0.3 is 9.73 Å². The summed E-state index contributed by atoms with van der Waals surface area (Å²) in [5.74, 6) is 0.678. The van der Waals surface area contributed by atoms with Crippen LogP contribution in [0.4, 0.5) is 0 Å². The summed E-state index contributed by atoms with van der Waals surface area (Å²) in [6, 6.07) is 14.6. The van der Waals surface area contributed by atoms with E-state index in [1.165, 1.54) is 11.1 Å². The molecule has 1 aromatic heterocycles. The summed E-state index contributed by atoms with van der Waals surface area (Å²) in [7, 11) is 1.94. The Hall–Kier alpha value is -2.13. The van der Waals surface area contributed by atoms with E-state index in [0.29, 0.717) is 5.89 Å². The Bertz CT molecular complexity index is 779. The molecular formula is C19H22N2O. The van der Waals surface area contributed by atoms with Crippen LogP contribution in [0.3, 0.4) is 0 Å². The van der Waals surface area contributed by atoms with Gasteiger partial charge in [-0.15, -0.1) is 0 Å². The molecule has 0 atom stereocenters. The Morgan fingerprint density at radius 1 is 1.05 bits per heavy atom. The maximum Gasteiger partial charge on any atom is 0.227 e. The highest BCUT2D eigenvalue weighted by molar-refractivity contribution is 5.76. The van der Waals surface area contributed by atoms with Crippen LogP contribution in [0.2, 0.25) is 0 Å². The normalized spacial score (nSPS) is 12.0. The van der Waals surface area contributed by atoms with Crippen molar-refractivity contribution in [2.24, 2.45) is 0 Å². The molecule has 0 radical (unpaired) electrons. The largest absolute Gasteiger partial charge is 0.436 e. The van der Waals surface area contributed by atoms with Crippen molar-refractivity contribution in [3.63, 3.8) is 0 Å². The van der Waals surface area contributed by atoms with Crippen LogP contribution in [0.15, 0.2) is 46.9 Å². The standard InChI is InChI=1S/C19H22N2O/c1-19(2,3)15-8-6-14(7-9-15)18-21-16-10-5-13(12-20-4)11-17(16)22-18/h5-11,20H,12H2,1-4H3. The van der Waals surface area contributed by atoms with Gasteiger partial charge in [0.05, 0.1) is 0 Å². The first-order valence-electron chi connectivity index (χ1n) is 7.62. The van der Waals surface area contributed by atoms with Gasteiger partial charge >= 0.3 is 0 Å². The predicted octanol–water partition coefficient (Wildman–Crippen LogP) is 4.51. The molecule has 3 heteroatoms. The Balaban J connectivity index is 1.96. The molecule has 0 saturated carbocycles. The Morgan fingerprint density at radius 3 is 2.41 bits per heavy atom. The third kappa shape index (κ3) is 2.90. The number of fused-ring (bicyclic) bond motifs is 1. The second-order valence-electron chi connectivity index (χ2n) is 6.68. The van der Waals surface area contributed by atoms with Gasteiger partial charge in [-0.25, -0.2) is 4.98 Å². The van der Waals surface area contributed by atoms with E-state index in [1.54, 1.807) is 0 Å². The number of oxazole rings is 1. The number of rotatable bonds is 3. The molecule has 0 aliphatic heterocycles. The van der Waals surface area contributed by atoms with E-state index in [2.05, 4.69) is 61.4 Å². The number of nitrogens with one attached hydrogen (secondary N) is 1. The number of aromatic nitrogens is 1. The molecule has 0 bridgehead atoms. The zero-order valence-electron chi connectivity index (χ0n) is 13.6. The third-order valence-corrected chi connectivity index (χ3v) is 3.83. The zero-order chi connectivity index (χ0) is 15.7. The minimum atomic E-state index is 0.155. The van der Waals surface area contributed by atoms with Crippen molar-refractivity contribution in [2.45, 2.75) is 32.7 Å². The molecule has 3 rings (SSSR count). The van der Waals surface area contributed by atoms with E-state index < -0.39 is 0 Å². The highest BCUT2D eigenvalue weighted by Crippen LogP contribution is 2.28. The topological polar surface area (TPSA) is 38.1 Å². The van der Waals surface area contributed by atoms with Crippen LogP contribution in [-0.4, -0.2) is 12.0 Å². The van der Waals surface area contributed by atoms with Gasteiger partial charge in [-0.3, -0.25) is 0 Å². The molecule has 0 aliphatic carbocycles. The summed E-state index contributed by atoms with van der Waals surface area (Å²) in [5.41, 5.74) is 5.41. The lowest BCUT2D eigenvalue weighted by Crippen LogP contribution is -2.10. The Labute approximate surface area is 131 Å². The molecule has 22 heavy (non-hydrogen) atoms. The number of nitrogens with zero attached hydrogens (tertiary/aromatic N) is 1. The summed E-state index contributed by atoms with van der Waals surface area (Å²) >= 11 is 0. The van der Waals surface area contributed by atoms with Crippen molar-refractivity contribution in [3.05, 3.63) is 53.6 Å². The van der Waals surface area contributed by atoms with Crippen LogP contribution in [0.5, 0.6) is 0 Å². The van der Waals surface area contributed by atoms with Crippen molar-refractivity contribution >= 4 is 11.1 Å². The van der Waals surface area contributed by atoms with E-state index >= 15 is 0 Å². The average molecular weight is 294 g/mol. The molecule has 0 aliphatic rings. The van der Waals surface area contributed by atoms with Crippen LogP contribution in [0.25, 0.3) is 22.6 Å². The average Bonchev–Trinajstić information content (AvgIpc) is 2.90. The van der Waals surface area contributed by atoms with Gasteiger partial charge in [0.25, 0.3) is 0 Å². The fourth-order valence-electron chi connectivity index (χ4n) is 2.52. The lowest BCUT2D eigenvalue weighted by atomic mass is 9.87. The summed E-state index contributed by atoms with van der Waals surface area (Å²) in [4.78, 5) is 4.59. The van der Waals surface area contributed by atoms with Crippen molar-refractivity contribution in [1.29, 1.82) is 0 Å². The van der Waals surface area contributed by atoms with Crippen LogP contribution in [0, 0.1) is 0 Å². The minimum Gasteiger partial charge on any atom is -0.436 e. The third-order valence-electron chi connectivity index (χ3n) is 3.83. The van der Waals surface area contributed by atoms with Gasteiger partial charge in [-0.05, 0) is 47.9 Å². The van der Waals surface area contributed by atoms with E-state index in [4.69, 9.17) is 4.42 Å². The van der Waals surface area contributed by atoms with Crippen LogP contribution in [0.1, 0.15) is 31.9 Å². The Kier molecular flexibility index (Phi) is 3.75. The summed E-state index contributed by atoms with van der Waals surface area (Å²) in [6.45, 7) is 7.46. The first kappa shape index (κ1) is 14.8. The first-order valence-corrected chi connectivity index (χ1v) is 7.62.